The first kappa shape index (κ1) is 20.8. The molecule has 24 heavy (non-hydrogen) atoms. The lowest BCUT2D eigenvalue weighted by Crippen LogP contribution is -2.49. The van der Waals surface area contributed by atoms with E-state index in [1.807, 2.05) is 20.8 Å². The molecule has 0 aliphatic rings. The highest BCUT2D eigenvalue weighted by atomic mass is 35.5. The number of carbonyl (C=O) groups excluding carboxylic acids is 2. The van der Waals surface area contributed by atoms with Gasteiger partial charge in [0.1, 0.15) is 6.04 Å². The normalized spacial score (nSPS) is 13.2. The third kappa shape index (κ3) is 5.67. The number of carbonyl (C=O) groups is 2. The van der Waals surface area contributed by atoms with Gasteiger partial charge in [0.05, 0.1) is 0 Å². The van der Waals surface area contributed by atoms with Gasteiger partial charge in [-0.05, 0) is 38.8 Å². The van der Waals surface area contributed by atoms with E-state index in [9.17, 15) is 9.59 Å². The van der Waals surface area contributed by atoms with Crippen LogP contribution >= 0.6 is 23.2 Å². The summed E-state index contributed by atoms with van der Waals surface area (Å²) >= 11 is 12.4. The molecule has 0 aromatic heterocycles. The molecule has 0 unspecified atom stereocenters. The van der Waals surface area contributed by atoms with Gasteiger partial charge in [0.2, 0.25) is 11.8 Å². The fourth-order valence-electron chi connectivity index (χ4n) is 2.26. The van der Waals surface area contributed by atoms with Crippen LogP contribution < -0.4 is 5.32 Å². The largest absolute Gasteiger partial charge is 0.352 e. The molecule has 4 nitrogen and oxygen atoms in total. The van der Waals surface area contributed by atoms with Crippen molar-refractivity contribution in [2.24, 2.45) is 0 Å². The summed E-state index contributed by atoms with van der Waals surface area (Å²) in [6.07, 6.45) is 1.92. The zero-order valence-electron chi connectivity index (χ0n) is 14.7. The predicted octanol–water partition coefficient (Wildman–Crippen LogP) is 4.43. The van der Waals surface area contributed by atoms with Crippen molar-refractivity contribution in [3.05, 3.63) is 33.8 Å². The number of hydrogen-bond donors (Lipinski definition) is 1. The molecule has 1 N–H and O–H groups in total. The second-order valence-corrected chi connectivity index (χ2v) is 6.78. The van der Waals surface area contributed by atoms with Gasteiger partial charge in [-0.25, -0.2) is 0 Å². The molecule has 0 saturated carbocycles. The van der Waals surface area contributed by atoms with Crippen molar-refractivity contribution in [1.82, 2.24) is 10.2 Å². The van der Waals surface area contributed by atoms with E-state index in [2.05, 4.69) is 5.32 Å². The van der Waals surface area contributed by atoms with Crippen LogP contribution in [0.5, 0.6) is 0 Å². The summed E-state index contributed by atoms with van der Waals surface area (Å²) in [6, 6.07) is 4.69. The highest BCUT2D eigenvalue weighted by Crippen LogP contribution is 2.26. The minimum atomic E-state index is -0.592. The van der Waals surface area contributed by atoms with Gasteiger partial charge < -0.3 is 10.2 Å². The van der Waals surface area contributed by atoms with Crippen LogP contribution in [-0.4, -0.2) is 28.8 Å². The summed E-state index contributed by atoms with van der Waals surface area (Å²) < 4.78 is 0. The van der Waals surface area contributed by atoms with Crippen molar-refractivity contribution < 1.29 is 9.59 Å². The van der Waals surface area contributed by atoms with E-state index >= 15 is 0 Å². The van der Waals surface area contributed by atoms with Crippen molar-refractivity contribution in [3.63, 3.8) is 0 Å². The van der Waals surface area contributed by atoms with Crippen molar-refractivity contribution in [1.29, 1.82) is 0 Å². The molecule has 0 aliphatic carbocycles. The Labute approximate surface area is 154 Å². The molecule has 0 fully saturated rings. The van der Waals surface area contributed by atoms with Crippen LogP contribution in [0.3, 0.4) is 0 Å². The molecule has 2 amide bonds. The van der Waals surface area contributed by atoms with Gasteiger partial charge in [-0.1, -0.05) is 43.1 Å². The summed E-state index contributed by atoms with van der Waals surface area (Å²) in [5, 5.41) is 3.91. The fraction of sp³-hybridized carbons (Fsp3) is 0.556. The predicted molar refractivity (Wildman–Crippen MR) is 99.3 cm³/mol. The standard InChI is InChI=1S/C18H26Cl2N2O2/c1-5-8-17(23)22(13(4)18(24)21-12(3)6-2)11-14-15(19)9-7-10-16(14)20/h7,9-10,12-13H,5-6,8,11H2,1-4H3,(H,21,24)/t12-,13+/m1/s1. The minimum absolute atomic E-state index is 0.0620. The quantitative estimate of drug-likeness (QED) is 0.733. The van der Waals surface area contributed by atoms with Crippen molar-refractivity contribution >= 4 is 35.0 Å². The van der Waals surface area contributed by atoms with Gasteiger partial charge in [-0.2, -0.15) is 0 Å². The van der Waals surface area contributed by atoms with Crippen molar-refractivity contribution in [2.45, 2.75) is 65.6 Å². The molecule has 0 aliphatic heterocycles. The number of amides is 2. The molecule has 0 bridgehead atoms. The van der Waals surface area contributed by atoms with Gasteiger partial charge in [0, 0.05) is 34.6 Å². The zero-order chi connectivity index (χ0) is 18.3. The first-order valence-electron chi connectivity index (χ1n) is 8.34. The Hall–Kier alpha value is -1.26. The topological polar surface area (TPSA) is 49.4 Å². The molecule has 1 rings (SSSR count). The van der Waals surface area contributed by atoms with Gasteiger partial charge in [-0.3, -0.25) is 9.59 Å². The van der Waals surface area contributed by atoms with Crippen LogP contribution in [0, 0.1) is 0 Å². The molecule has 6 heteroatoms. The maximum atomic E-state index is 12.5. The average molecular weight is 373 g/mol. The van der Waals surface area contributed by atoms with Gasteiger partial charge >= 0.3 is 0 Å². The second-order valence-electron chi connectivity index (χ2n) is 5.97. The highest BCUT2D eigenvalue weighted by molar-refractivity contribution is 6.36. The molecule has 0 saturated heterocycles. The number of nitrogens with zero attached hydrogens (tertiary/aromatic N) is 1. The Kier molecular flexibility index (Phi) is 8.57. The summed E-state index contributed by atoms with van der Waals surface area (Å²) in [5.41, 5.74) is 0.661. The minimum Gasteiger partial charge on any atom is -0.352 e. The van der Waals surface area contributed by atoms with E-state index < -0.39 is 6.04 Å². The third-order valence-electron chi connectivity index (χ3n) is 4.02. The van der Waals surface area contributed by atoms with Crippen LogP contribution in [0.4, 0.5) is 0 Å². The Bertz CT molecular complexity index is 558. The monoisotopic (exact) mass is 372 g/mol. The van der Waals surface area contributed by atoms with E-state index in [0.717, 1.165) is 6.42 Å². The van der Waals surface area contributed by atoms with Crippen LogP contribution in [0.1, 0.15) is 52.5 Å². The number of benzene rings is 1. The Morgan fingerprint density at radius 3 is 2.25 bits per heavy atom. The molecule has 0 heterocycles. The number of hydrogen-bond acceptors (Lipinski definition) is 2. The van der Waals surface area contributed by atoms with Crippen LogP contribution in [0.15, 0.2) is 18.2 Å². The smallest absolute Gasteiger partial charge is 0.242 e. The van der Waals surface area contributed by atoms with E-state index in [4.69, 9.17) is 23.2 Å². The summed E-state index contributed by atoms with van der Waals surface area (Å²) in [7, 11) is 0. The lowest BCUT2D eigenvalue weighted by molar-refractivity contribution is -0.140. The highest BCUT2D eigenvalue weighted by Gasteiger charge is 2.27. The molecule has 0 radical (unpaired) electrons. The summed E-state index contributed by atoms with van der Waals surface area (Å²) in [4.78, 5) is 26.5. The first-order chi connectivity index (χ1) is 11.3. The number of rotatable bonds is 8. The van der Waals surface area contributed by atoms with E-state index in [1.54, 1.807) is 30.0 Å². The molecule has 1 aromatic rings. The average Bonchev–Trinajstić information content (AvgIpc) is 2.54. The third-order valence-corrected chi connectivity index (χ3v) is 4.73. The Balaban J connectivity index is 3.03. The maximum absolute atomic E-state index is 12.5. The molecular weight excluding hydrogens is 347 g/mol. The maximum Gasteiger partial charge on any atom is 0.242 e. The SMILES string of the molecule is CCCC(=O)N(Cc1c(Cl)cccc1Cl)[C@@H](C)C(=O)N[C@H](C)CC. The van der Waals surface area contributed by atoms with Crippen LogP contribution in [0.2, 0.25) is 10.0 Å². The molecule has 134 valence electrons. The lowest BCUT2D eigenvalue weighted by Gasteiger charge is -2.30. The molecule has 2 atom stereocenters. The number of halogens is 2. The summed E-state index contributed by atoms with van der Waals surface area (Å²) in [5.74, 6) is -0.253. The van der Waals surface area contributed by atoms with Gasteiger partial charge in [-0.15, -0.1) is 0 Å². The van der Waals surface area contributed by atoms with Crippen LogP contribution in [-0.2, 0) is 16.1 Å². The van der Waals surface area contributed by atoms with E-state index in [-0.39, 0.29) is 24.4 Å². The van der Waals surface area contributed by atoms with Crippen molar-refractivity contribution in [3.8, 4) is 0 Å². The molecule has 1 aromatic carbocycles. The zero-order valence-corrected chi connectivity index (χ0v) is 16.2. The fourth-order valence-corrected chi connectivity index (χ4v) is 2.78. The molecule has 0 spiro atoms. The lowest BCUT2D eigenvalue weighted by atomic mass is 10.1. The van der Waals surface area contributed by atoms with Crippen LogP contribution in [0.25, 0.3) is 0 Å². The Morgan fingerprint density at radius 2 is 1.75 bits per heavy atom. The van der Waals surface area contributed by atoms with E-state index in [0.29, 0.717) is 28.5 Å². The Morgan fingerprint density at radius 1 is 1.17 bits per heavy atom. The van der Waals surface area contributed by atoms with Gasteiger partial charge in [0.15, 0.2) is 0 Å². The first-order valence-corrected chi connectivity index (χ1v) is 9.10. The molecular formula is C18H26Cl2N2O2. The second kappa shape index (κ2) is 9.90. The summed E-state index contributed by atoms with van der Waals surface area (Å²) in [6.45, 7) is 7.82. The van der Waals surface area contributed by atoms with Gasteiger partial charge in [0.25, 0.3) is 0 Å². The van der Waals surface area contributed by atoms with Crippen molar-refractivity contribution in [2.75, 3.05) is 0 Å². The van der Waals surface area contributed by atoms with E-state index in [1.165, 1.54) is 0 Å². The number of nitrogens with one attached hydrogen (secondary N) is 1.